The fourth-order valence-corrected chi connectivity index (χ4v) is 4.47. The van der Waals surface area contributed by atoms with Gasteiger partial charge in [0, 0.05) is 5.57 Å². The fourth-order valence-electron chi connectivity index (χ4n) is 3.09. The standard InChI is InChI=1S/C15H21IO4/c1-3-19-13(17)10(2)6-4-8-15-9-5-7-11(12(15)16)20-14(15)18/h6,11-12H,3-5,7-9H2,1-2H3/b10-6+/t11-,12-,15+/m1/s1. The van der Waals surface area contributed by atoms with Gasteiger partial charge in [0.25, 0.3) is 0 Å². The van der Waals surface area contributed by atoms with Crippen molar-refractivity contribution >= 4 is 34.5 Å². The highest BCUT2D eigenvalue weighted by atomic mass is 127. The Hall–Kier alpha value is -0.590. The number of allylic oxidation sites excluding steroid dienone is 1. The van der Waals surface area contributed by atoms with Crippen molar-refractivity contribution in [2.24, 2.45) is 5.41 Å². The molecule has 0 amide bonds. The summed E-state index contributed by atoms with van der Waals surface area (Å²) in [4.78, 5) is 23.7. The summed E-state index contributed by atoms with van der Waals surface area (Å²) in [6.07, 6.45) is 6.38. The van der Waals surface area contributed by atoms with Crippen LogP contribution >= 0.6 is 22.6 Å². The number of esters is 2. The zero-order valence-corrected chi connectivity index (χ0v) is 14.1. The second-order valence-electron chi connectivity index (χ2n) is 5.54. The minimum Gasteiger partial charge on any atom is -0.463 e. The van der Waals surface area contributed by atoms with Crippen LogP contribution in [0.4, 0.5) is 0 Å². The molecule has 0 aromatic carbocycles. The van der Waals surface area contributed by atoms with Crippen molar-refractivity contribution in [1.82, 2.24) is 0 Å². The average molecular weight is 392 g/mol. The molecule has 0 radical (unpaired) electrons. The number of alkyl halides is 1. The maximum Gasteiger partial charge on any atom is 0.333 e. The summed E-state index contributed by atoms with van der Waals surface area (Å²) in [5.74, 6) is -0.312. The first-order chi connectivity index (χ1) is 9.51. The van der Waals surface area contributed by atoms with Gasteiger partial charge < -0.3 is 9.47 Å². The van der Waals surface area contributed by atoms with Crippen LogP contribution in [0.1, 0.15) is 46.0 Å². The molecule has 2 rings (SSSR count). The lowest BCUT2D eigenvalue weighted by molar-refractivity contribution is -0.148. The smallest absolute Gasteiger partial charge is 0.333 e. The number of hydrogen-bond donors (Lipinski definition) is 0. The van der Waals surface area contributed by atoms with Crippen molar-refractivity contribution in [3.8, 4) is 0 Å². The zero-order valence-electron chi connectivity index (χ0n) is 12.0. The van der Waals surface area contributed by atoms with E-state index in [-0.39, 0.29) is 27.4 Å². The van der Waals surface area contributed by atoms with Gasteiger partial charge in [0.05, 0.1) is 15.9 Å². The molecular formula is C15H21IO4. The molecule has 0 spiro atoms. The van der Waals surface area contributed by atoms with Gasteiger partial charge in [-0.15, -0.1) is 0 Å². The summed E-state index contributed by atoms with van der Waals surface area (Å²) < 4.78 is 10.7. The predicted molar refractivity (Wildman–Crippen MR) is 83.6 cm³/mol. The first-order valence-corrected chi connectivity index (χ1v) is 8.45. The average Bonchev–Trinajstić information content (AvgIpc) is 2.56. The van der Waals surface area contributed by atoms with E-state index in [0.717, 1.165) is 25.7 Å². The van der Waals surface area contributed by atoms with Crippen molar-refractivity contribution in [3.05, 3.63) is 11.6 Å². The van der Waals surface area contributed by atoms with Gasteiger partial charge >= 0.3 is 11.9 Å². The van der Waals surface area contributed by atoms with E-state index in [0.29, 0.717) is 18.6 Å². The largest absolute Gasteiger partial charge is 0.463 e. The van der Waals surface area contributed by atoms with Crippen LogP contribution in [0.15, 0.2) is 11.6 Å². The van der Waals surface area contributed by atoms with Gasteiger partial charge in [0.15, 0.2) is 0 Å². The lowest BCUT2D eigenvalue weighted by atomic mass is 9.72. The maximum atomic E-state index is 12.2. The Morgan fingerprint density at radius 1 is 1.60 bits per heavy atom. The molecule has 1 saturated carbocycles. The molecule has 2 bridgehead atoms. The Labute approximate surface area is 133 Å². The number of carbonyl (C=O) groups excluding carboxylic acids is 2. The fraction of sp³-hybridized carbons (Fsp3) is 0.733. The van der Waals surface area contributed by atoms with Gasteiger partial charge in [-0.1, -0.05) is 28.7 Å². The third-order valence-electron chi connectivity index (χ3n) is 4.27. The lowest BCUT2D eigenvalue weighted by Crippen LogP contribution is -2.38. The predicted octanol–water partition coefficient (Wildman–Crippen LogP) is 3.18. The summed E-state index contributed by atoms with van der Waals surface area (Å²) in [6.45, 7) is 3.94. The van der Waals surface area contributed by atoms with Crippen LogP contribution in [0.3, 0.4) is 0 Å². The Bertz CT molecular complexity index is 432. The third-order valence-corrected chi connectivity index (χ3v) is 6.26. The normalized spacial score (nSPS) is 33.0. The van der Waals surface area contributed by atoms with Gasteiger partial charge in [-0.2, -0.15) is 0 Å². The highest BCUT2D eigenvalue weighted by Gasteiger charge is 2.57. The van der Waals surface area contributed by atoms with Gasteiger partial charge in [0.2, 0.25) is 0 Å². The van der Waals surface area contributed by atoms with E-state index < -0.39 is 0 Å². The van der Waals surface area contributed by atoms with Gasteiger partial charge in [-0.3, -0.25) is 4.79 Å². The second kappa shape index (κ2) is 6.45. The van der Waals surface area contributed by atoms with Crippen LogP contribution in [0.2, 0.25) is 0 Å². The molecule has 4 nitrogen and oxygen atoms in total. The maximum absolute atomic E-state index is 12.2. The molecule has 2 aliphatic rings. The molecule has 20 heavy (non-hydrogen) atoms. The van der Waals surface area contributed by atoms with Gasteiger partial charge in [-0.25, -0.2) is 4.79 Å². The molecular weight excluding hydrogens is 371 g/mol. The molecule has 1 saturated heterocycles. The van der Waals surface area contributed by atoms with Crippen molar-refractivity contribution in [2.75, 3.05) is 6.61 Å². The van der Waals surface area contributed by atoms with E-state index in [1.165, 1.54) is 0 Å². The summed E-state index contributed by atoms with van der Waals surface area (Å²) in [5.41, 5.74) is 0.279. The number of rotatable bonds is 5. The van der Waals surface area contributed by atoms with Gasteiger partial charge in [-0.05, 0) is 46.0 Å². The molecule has 1 heterocycles. The first kappa shape index (κ1) is 15.8. The lowest BCUT2D eigenvalue weighted by Gasteiger charge is -2.32. The quantitative estimate of drug-likeness (QED) is 0.312. The Morgan fingerprint density at radius 3 is 3.05 bits per heavy atom. The first-order valence-electron chi connectivity index (χ1n) is 7.20. The molecule has 0 aromatic rings. The second-order valence-corrected chi connectivity index (χ2v) is 6.88. The van der Waals surface area contributed by atoms with E-state index in [9.17, 15) is 9.59 Å². The number of hydrogen-bond acceptors (Lipinski definition) is 4. The highest BCUT2D eigenvalue weighted by molar-refractivity contribution is 14.1. The molecule has 5 heteroatoms. The Balaban J connectivity index is 1.98. The van der Waals surface area contributed by atoms with E-state index in [1.807, 2.05) is 6.08 Å². The van der Waals surface area contributed by atoms with E-state index in [1.54, 1.807) is 13.8 Å². The molecule has 1 aliphatic heterocycles. The Morgan fingerprint density at radius 2 is 2.35 bits per heavy atom. The minimum absolute atomic E-state index is 0.0402. The summed E-state index contributed by atoms with van der Waals surface area (Å²) in [5, 5.41) is 0. The van der Waals surface area contributed by atoms with Crippen LogP contribution in [0.25, 0.3) is 0 Å². The van der Waals surface area contributed by atoms with E-state index in [4.69, 9.17) is 9.47 Å². The third kappa shape index (κ3) is 2.87. The van der Waals surface area contributed by atoms with E-state index >= 15 is 0 Å². The van der Waals surface area contributed by atoms with Crippen LogP contribution in [0.5, 0.6) is 0 Å². The molecule has 0 N–H and O–H groups in total. The SMILES string of the molecule is CCOC(=O)/C(C)=C/CC[C@@]12CCC[C@@H](OC1=O)[C@H]2I. The van der Waals surface area contributed by atoms with E-state index in [2.05, 4.69) is 22.6 Å². The summed E-state index contributed by atoms with van der Waals surface area (Å²) in [7, 11) is 0. The summed E-state index contributed by atoms with van der Waals surface area (Å²) in [6, 6.07) is 0. The van der Waals surface area contributed by atoms with Crippen molar-refractivity contribution in [2.45, 2.75) is 56.0 Å². The molecule has 1 aliphatic carbocycles. The molecule has 2 fully saturated rings. The Kier molecular flexibility index (Phi) is 5.09. The van der Waals surface area contributed by atoms with Crippen LogP contribution in [0, 0.1) is 5.41 Å². The van der Waals surface area contributed by atoms with Crippen LogP contribution < -0.4 is 0 Å². The molecule has 0 unspecified atom stereocenters. The topological polar surface area (TPSA) is 52.6 Å². The minimum atomic E-state index is -0.338. The highest BCUT2D eigenvalue weighted by Crippen LogP contribution is 2.51. The van der Waals surface area contributed by atoms with Gasteiger partial charge in [0.1, 0.15) is 6.10 Å². The molecule has 112 valence electrons. The summed E-state index contributed by atoms with van der Waals surface area (Å²) >= 11 is 2.36. The number of halogens is 1. The molecule has 3 atom stereocenters. The molecule has 0 aromatic heterocycles. The number of ether oxygens (including phenoxy) is 2. The number of carbonyl (C=O) groups is 2. The van der Waals surface area contributed by atoms with Crippen LogP contribution in [-0.4, -0.2) is 28.6 Å². The van der Waals surface area contributed by atoms with Crippen molar-refractivity contribution < 1.29 is 19.1 Å². The monoisotopic (exact) mass is 392 g/mol. The van der Waals surface area contributed by atoms with Crippen molar-refractivity contribution in [1.29, 1.82) is 0 Å². The van der Waals surface area contributed by atoms with Crippen molar-refractivity contribution in [3.63, 3.8) is 0 Å². The number of fused-ring (bicyclic) bond motifs is 2. The van der Waals surface area contributed by atoms with Crippen LogP contribution in [-0.2, 0) is 19.1 Å². The zero-order chi connectivity index (χ0) is 14.8.